The number of aliphatic carboxylic acids is 1. The van der Waals surface area contributed by atoms with Crippen LogP contribution in [0.2, 0.25) is 5.02 Å². The van der Waals surface area contributed by atoms with Gasteiger partial charge in [0.05, 0.1) is 6.42 Å². The fraction of sp³-hybridized carbons (Fsp3) is 0.273. The van der Waals surface area contributed by atoms with Gasteiger partial charge >= 0.3 is 5.97 Å². The molecule has 0 fully saturated rings. The summed E-state index contributed by atoms with van der Waals surface area (Å²) >= 11 is 5.76. The Morgan fingerprint density at radius 2 is 2.00 bits per heavy atom. The number of halogens is 2. The van der Waals surface area contributed by atoms with Crippen molar-refractivity contribution in [1.82, 2.24) is 5.32 Å². The molecule has 1 unspecified atom stereocenters. The van der Waals surface area contributed by atoms with E-state index in [1.165, 1.54) is 0 Å². The molecule has 0 bridgehead atoms. The van der Waals surface area contributed by atoms with Crippen molar-refractivity contribution in [3.05, 3.63) is 34.9 Å². The van der Waals surface area contributed by atoms with E-state index in [-0.39, 0.29) is 30.7 Å². The van der Waals surface area contributed by atoms with Gasteiger partial charge in [-0.2, -0.15) is 0 Å². The molecular weight excluding hydrogens is 277 g/mol. The molecular formula is C11H15Cl2N3O2. The van der Waals surface area contributed by atoms with Crippen LogP contribution in [0.4, 0.5) is 0 Å². The lowest BCUT2D eigenvalue weighted by Crippen LogP contribution is -2.34. The average Bonchev–Trinajstić information content (AvgIpc) is 2.25. The van der Waals surface area contributed by atoms with E-state index < -0.39 is 5.97 Å². The van der Waals surface area contributed by atoms with Crippen LogP contribution in [-0.4, -0.2) is 23.6 Å². The number of carboxylic acid groups (broad SMARTS) is 1. The second kappa shape index (κ2) is 7.79. The Labute approximate surface area is 116 Å². The Bertz CT molecular complexity index is 409. The van der Waals surface area contributed by atoms with E-state index in [0.29, 0.717) is 11.6 Å². The normalized spacial score (nSPS) is 11.2. The quantitative estimate of drug-likeness (QED) is 0.491. The Morgan fingerprint density at radius 1 is 1.44 bits per heavy atom. The van der Waals surface area contributed by atoms with Crippen LogP contribution in [0.1, 0.15) is 17.9 Å². The number of guanidine groups is 1. The monoisotopic (exact) mass is 291 g/mol. The van der Waals surface area contributed by atoms with Crippen LogP contribution in [0, 0.1) is 5.41 Å². The second-order valence-electron chi connectivity index (χ2n) is 3.64. The molecule has 7 heteroatoms. The smallest absolute Gasteiger partial charge is 0.304 e. The molecule has 0 saturated carbocycles. The summed E-state index contributed by atoms with van der Waals surface area (Å²) in [6.45, 7) is 0.309. The molecule has 100 valence electrons. The summed E-state index contributed by atoms with van der Waals surface area (Å²) in [6.07, 6.45) is -0.0259. The number of carbonyl (C=O) groups is 1. The summed E-state index contributed by atoms with van der Waals surface area (Å²) in [5.41, 5.74) is 6.03. The standard InChI is InChI=1S/C11H14ClN3O2.ClH/c12-9-3-1-7(2-4-9)8(5-10(16)17)6-15-11(13)14;/h1-4,8H,5-6H2,(H,16,17)(H4,13,14,15);1H. The summed E-state index contributed by atoms with van der Waals surface area (Å²) < 4.78 is 0. The lowest BCUT2D eigenvalue weighted by Gasteiger charge is -2.16. The summed E-state index contributed by atoms with van der Waals surface area (Å²) in [5, 5.41) is 19.1. The highest BCUT2D eigenvalue weighted by atomic mass is 35.5. The van der Waals surface area contributed by atoms with E-state index >= 15 is 0 Å². The predicted octanol–water partition coefficient (Wildman–Crippen LogP) is 1.80. The molecule has 1 aromatic carbocycles. The molecule has 1 rings (SSSR count). The minimum Gasteiger partial charge on any atom is -0.481 e. The van der Waals surface area contributed by atoms with Crippen LogP contribution in [0.25, 0.3) is 0 Å². The minimum absolute atomic E-state index is 0. The molecule has 1 aromatic rings. The van der Waals surface area contributed by atoms with Gasteiger partial charge in [-0.25, -0.2) is 0 Å². The Balaban J connectivity index is 0.00000289. The van der Waals surface area contributed by atoms with Gasteiger partial charge in [-0.3, -0.25) is 10.2 Å². The van der Waals surface area contributed by atoms with Crippen LogP contribution in [0.3, 0.4) is 0 Å². The van der Waals surface area contributed by atoms with Gasteiger partial charge in [0, 0.05) is 17.5 Å². The van der Waals surface area contributed by atoms with E-state index in [2.05, 4.69) is 5.32 Å². The molecule has 1 atom stereocenters. The summed E-state index contributed by atoms with van der Waals surface area (Å²) in [5.74, 6) is -1.31. The first kappa shape index (κ1) is 16.5. The number of carboxylic acids is 1. The Kier molecular flexibility index (Phi) is 7.16. The highest BCUT2D eigenvalue weighted by Crippen LogP contribution is 2.21. The Hall–Kier alpha value is -1.46. The van der Waals surface area contributed by atoms with Crippen molar-refractivity contribution < 1.29 is 9.90 Å². The fourth-order valence-electron chi connectivity index (χ4n) is 1.49. The molecule has 0 saturated heterocycles. The van der Waals surface area contributed by atoms with E-state index in [9.17, 15) is 4.79 Å². The van der Waals surface area contributed by atoms with Gasteiger partial charge in [-0.1, -0.05) is 23.7 Å². The molecule has 0 aliphatic carbocycles. The molecule has 0 aliphatic rings. The third kappa shape index (κ3) is 5.75. The zero-order valence-corrected chi connectivity index (χ0v) is 11.1. The van der Waals surface area contributed by atoms with E-state index in [1.807, 2.05) is 0 Å². The maximum atomic E-state index is 10.8. The third-order valence-corrected chi connectivity index (χ3v) is 2.55. The Morgan fingerprint density at radius 3 is 2.44 bits per heavy atom. The van der Waals surface area contributed by atoms with Crippen LogP contribution >= 0.6 is 24.0 Å². The number of hydrogen-bond acceptors (Lipinski definition) is 2. The minimum atomic E-state index is -0.893. The summed E-state index contributed by atoms with van der Waals surface area (Å²) in [4.78, 5) is 10.8. The first-order chi connectivity index (χ1) is 7.99. The van der Waals surface area contributed by atoms with Gasteiger partial charge in [-0.05, 0) is 17.7 Å². The third-order valence-electron chi connectivity index (χ3n) is 2.30. The van der Waals surface area contributed by atoms with Gasteiger partial charge in [-0.15, -0.1) is 12.4 Å². The van der Waals surface area contributed by atoms with E-state index in [4.69, 9.17) is 27.9 Å². The van der Waals surface area contributed by atoms with Crippen molar-refractivity contribution in [2.24, 2.45) is 5.73 Å². The lowest BCUT2D eigenvalue weighted by molar-refractivity contribution is -0.137. The number of rotatable bonds is 5. The number of hydrogen-bond donors (Lipinski definition) is 4. The topological polar surface area (TPSA) is 99.2 Å². The van der Waals surface area contributed by atoms with Gasteiger partial charge in [0.1, 0.15) is 0 Å². The fourth-order valence-corrected chi connectivity index (χ4v) is 1.61. The first-order valence-electron chi connectivity index (χ1n) is 5.04. The van der Waals surface area contributed by atoms with Crippen LogP contribution in [0.15, 0.2) is 24.3 Å². The number of nitrogens with one attached hydrogen (secondary N) is 2. The molecule has 0 heterocycles. The maximum Gasteiger partial charge on any atom is 0.304 e. The van der Waals surface area contributed by atoms with Gasteiger partial charge in [0.15, 0.2) is 5.96 Å². The van der Waals surface area contributed by atoms with Crippen molar-refractivity contribution in [3.63, 3.8) is 0 Å². The highest BCUT2D eigenvalue weighted by molar-refractivity contribution is 6.30. The van der Waals surface area contributed by atoms with E-state index in [1.54, 1.807) is 24.3 Å². The highest BCUT2D eigenvalue weighted by Gasteiger charge is 2.15. The summed E-state index contributed by atoms with van der Waals surface area (Å²) in [7, 11) is 0. The predicted molar refractivity (Wildman–Crippen MR) is 73.6 cm³/mol. The largest absolute Gasteiger partial charge is 0.481 e. The number of benzene rings is 1. The second-order valence-corrected chi connectivity index (χ2v) is 4.08. The molecule has 0 amide bonds. The van der Waals surface area contributed by atoms with Crippen LogP contribution in [-0.2, 0) is 4.79 Å². The van der Waals surface area contributed by atoms with Gasteiger partial charge in [0.2, 0.25) is 0 Å². The van der Waals surface area contributed by atoms with Gasteiger partial charge < -0.3 is 16.2 Å². The molecule has 0 radical (unpaired) electrons. The van der Waals surface area contributed by atoms with Crippen molar-refractivity contribution in [1.29, 1.82) is 5.41 Å². The molecule has 0 spiro atoms. The average molecular weight is 292 g/mol. The summed E-state index contributed by atoms with van der Waals surface area (Å²) in [6, 6.07) is 6.97. The van der Waals surface area contributed by atoms with Crippen molar-refractivity contribution in [2.75, 3.05) is 6.54 Å². The lowest BCUT2D eigenvalue weighted by atomic mass is 9.96. The van der Waals surface area contributed by atoms with E-state index in [0.717, 1.165) is 5.56 Å². The molecule has 5 nitrogen and oxygen atoms in total. The first-order valence-corrected chi connectivity index (χ1v) is 5.42. The van der Waals surface area contributed by atoms with Gasteiger partial charge in [0.25, 0.3) is 0 Å². The molecule has 5 N–H and O–H groups in total. The zero-order valence-electron chi connectivity index (χ0n) is 9.52. The van der Waals surface area contributed by atoms with Crippen molar-refractivity contribution in [2.45, 2.75) is 12.3 Å². The SMILES string of the molecule is Cl.N=C(N)NCC(CC(=O)O)c1ccc(Cl)cc1. The zero-order chi connectivity index (χ0) is 12.8. The molecule has 18 heavy (non-hydrogen) atoms. The maximum absolute atomic E-state index is 10.8. The molecule has 0 aliphatic heterocycles. The van der Waals surface area contributed by atoms with Crippen LogP contribution < -0.4 is 11.1 Å². The molecule has 0 aromatic heterocycles. The number of nitrogens with two attached hydrogens (primary N) is 1. The van der Waals surface area contributed by atoms with Crippen molar-refractivity contribution in [3.8, 4) is 0 Å². The van der Waals surface area contributed by atoms with Crippen molar-refractivity contribution >= 4 is 35.9 Å². The van der Waals surface area contributed by atoms with Crippen LogP contribution in [0.5, 0.6) is 0 Å².